The van der Waals surface area contributed by atoms with Gasteiger partial charge in [-0.2, -0.15) is 0 Å². The number of amides is 1. The number of rotatable bonds is 6. The van der Waals surface area contributed by atoms with Gasteiger partial charge in [0.25, 0.3) is 0 Å². The highest BCUT2D eigenvalue weighted by atomic mass is 16.3. The van der Waals surface area contributed by atoms with Crippen molar-refractivity contribution in [2.45, 2.75) is 51.8 Å². The van der Waals surface area contributed by atoms with E-state index in [0.29, 0.717) is 6.54 Å². The largest absolute Gasteiger partial charge is 0.388 e. The molecule has 2 atom stereocenters. The van der Waals surface area contributed by atoms with E-state index in [1.165, 1.54) is 5.56 Å². The van der Waals surface area contributed by atoms with Crippen molar-refractivity contribution >= 4 is 5.91 Å². The smallest absolute Gasteiger partial charge is 0.237 e. The molecule has 1 heterocycles. The van der Waals surface area contributed by atoms with Gasteiger partial charge in [-0.1, -0.05) is 44.2 Å². The van der Waals surface area contributed by atoms with Crippen LogP contribution < -0.4 is 5.32 Å². The summed E-state index contributed by atoms with van der Waals surface area (Å²) >= 11 is 0. The van der Waals surface area contributed by atoms with Gasteiger partial charge in [0.15, 0.2) is 0 Å². The fourth-order valence-corrected chi connectivity index (χ4v) is 2.72. The Bertz CT molecular complexity index is 485. The molecule has 1 aromatic carbocycles. The second-order valence-corrected chi connectivity index (χ2v) is 6.84. The van der Waals surface area contributed by atoms with Crippen LogP contribution in [0.1, 0.15) is 39.2 Å². The zero-order valence-electron chi connectivity index (χ0n) is 13.9. The molecule has 1 saturated heterocycles. The first-order valence-electron chi connectivity index (χ1n) is 8.18. The maximum Gasteiger partial charge on any atom is 0.237 e. The molecule has 2 unspecified atom stereocenters. The Balaban J connectivity index is 1.91. The molecular formula is C18H28N2O2. The Kier molecular flexibility index (Phi) is 5.59. The van der Waals surface area contributed by atoms with Crippen LogP contribution in [0.2, 0.25) is 0 Å². The Morgan fingerprint density at radius 3 is 2.73 bits per heavy atom. The van der Waals surface area contributed by atoms with Gasteiger partial charge in [0.1, 0.15) is 0 Å². The average molecular weight is 304 g/mol. The number of carbonyl (C=O) groups is 1. The van der Waals surface area contributed by atoms with Crippen molar-refractivity contribution in [3.8, 4) is 0 Å². The lowest BCUT2D eigenvalue weighted by Crippen LogP contribution is -2.49. The Morgan fingerprint density at radius 1 is 1.41 bits per heavy atom. The second-order valence-electron chi connectivity index (χ2n) is 6.84. The van der Waals surface area contributed by atoms with Crippen molar-refractivity contribution in [3.63, 3.8) is 0 Å². The Morgan fingerprint density at radius 2 is 2.09 bits per heavy atom. The van der Waals surface area contributed by atoms with Crippen molar-refractivity contribution in [2.24, 2.45) is 5.92 Å². The highest BCUT2D eigenvalue weighted by Crippen LogP contribution is 2.21. The van der Waals surface area contributed by atoms with E-state index >= 15 is 0 Å². The summed E-state index contributed by atoms with van der Waals surface area (Å²) in [5.74, 6) is 0.145. The minimum absolute atomic E-state index is 0.0364. The first-order chi connectivity index (χ1) is 10.4. The zero-order chi connectivity index (χ0) is 16.2. The fraction of sp³-hybridized carbons (Fsp3) is 0.611. The summed E-state index contributed by atoms with van der Waals surface area (Å²) in [7, 11) is 0. The number of aliphatic hydroxyl groups is 1. The molecule has 2 rings (SSSR count). The number of nitrogens with zero attached hydrogens (tertiary/aromatic N) is 1. The highest BCUT2D eigenvalue weighted by molar-refractivity contribution is 5.82. The number of nitrogens with one attached hydrogen (secondary N) is 1. The van der Waals surface area contributed by atoms with Crippen LogP contribution in [0.3, 0.4) is 0 Å². The van der Waals surface area contributed by atoms with Crippen molar-refractivity contribution in [3.05, 3.63) is 35.9 Å². The van der Waals surface area contributed by atoms with E-state index in [1.807, 2.05) is 32.0 Å². The quantitative estimate of drug-likeness (QED) is 0.847. The van der Waals surface area contributed by atoms with Crippen molar-refractivity contribution in [1.82, 2.24) is 10.2 Å². The Hall–Kier alpha value is -1.39. The van der Waals surface area contributed by atoms with E-state index in [0.717, 1.165) is 25.9 Å². The van der Waals surface area contributed by atoms with Gasteiger partial charge in [-0.15, -0.1) is 0 Å². The molecule has 2 N–H and O–H groups in total. The topological polar surface area (TPSA) is 52.6 Å². The van der Waals surface area contributed by atoms with Gasteiger partial charge in [-0.05, 0) is 37.8 Å². The molecule has 1 aromatic rings. The molecule has 0 bridgehead atoms. The number of benzene rings is 1. The van der Waals surface area contributed by atoms with Crippen molar-refractivity contribution in [1.29, 1.82) is 0 Å². The van der Waals surface area contributed by atoms with Gasteiger partial charge in [0.05, 0.1) is 11.6 Å². The summed E-state index contributed by atoms with van der Waals surface area (Å²) in [4.78, 5) is 14.7. The predicted molar refractivity (Wildman–Crippen MR) is 88.3 cm³/mol. The number of likely N-dealkylation sites (tertiary alicyclic amines) is 1. The van der Waals surface area contributed by atoms with Crippen molar-refractivity contribution < 1.29 is 9.90 Å². The van der Waals surface area contributed by atoms with E-state index in [2.05, 4.69) is 22.3 Å². The summed E-state index contributed by atoms with van der Waals surface area (Å²) in [6, 6.07) is 10.2. The standard InChI is InChI=1S/C18H28N2O2/c1-14(2)18(3,22)13-19-17(21)16-10-7-11-20(16)12-15-8-5-4-6-9-15/h4-6,8-9,14,16,22H,7,10-13H2,1-3H3,(H,19,21). The third kappa shape index (κ3) is 4.31. The summed E-state index contributed by atoms with van der Waals surface area (Å²) < 4.78 is 0. The van der Waals surface area contributed by atoms with Crippen LogP contribution in [0.4, 0.5) is 0 Å². The van der Waals surface area contributed by atoms with E-state index < -0.39 is 5.60 Å². The van der Waals surface area contributed by atoms with E-state index in [1.54, 1.807) is 6.92 Å². The summed E-state index contributed by atoms with van der Waals surface area (Å²) in [6.07, 6.45) is 1.94. The molecule has 1 aliphatic rings. The van der Waals surface area contributed by atoms with Gasteiger partial charge in [0, 0.05) is 13.1 Å². The third-order valence-electron chi connectivity index (χ3n) is 4.76. The Labute approximate surface area is 133 Å². The zero-order valence-corrected chi connectivity index (χ0v) is 13.9. The third-order valence-corrected chi connectivity index (χ3v) is 4.76. The number of hydrogen-bond donors (Lipinski definition) is 2. The van der Waals surface area contributed by atoms with E-state index in [-0.39, 0.29) is 17.9 Å². The van der Waals surface area contributed by atoms with Crippen LogP contribution >= 0.6 is 0 Å². The highest BCUT2D eigenvalue weighted by Gasteiger charge is 2.32. The molecule has 1 aliphatic heterocycles. The van der Waals surface area contributed by atoms with Gasteiger partial charge in [-0.25, -0.2) is 0 Å². The van der Waals surface area contributed by atoms with Gasteiger partial charge in [0.2, 0.25) is 5.91 Å². The first kappa shape index (κ1) is 17.0. The van der Waals surface area contributed by atoms with Gasteiger partial charge < -0.3 is 10.4 Å². The van der Waals surface area contributed by atoms with Crippen molar-refractivity contribution in [2.75, 3.05) is 13.1 Å². The first-order valence-corrected chi connectivity index (χ1v) is 8.18. The molecular weight excluding hydrogens is 276 g/mol. The summed E-state index contributed by atoms with van der Waals surface area (Å²) in [5, 5.41) is 13.2. The predicted octanol–water partition coefficient (Wildman–Crippen LogP) is 2.17. The lowest BCUT2D eigenvalue weighted by molar-refractivity contribution is -0.127. The molecule has 122 valence electrons. The molecule has 0 saturated carbocycles. The molecule has 22 heavy (non-hydrogen) atoms. The molecule has 0 spiro atoms. The van der Waals surface area contributed by atoms with Crippen LogP contribution in [0.5, 0.6) is 0 Å². The monoisotopic (exact) mass is 304 g/mol. The number of hydrogen-bond acceptors (Lipinski definition) is 3. The molecule has 0 radical (unpaired) electrons. The molecule has 0 aliphatic carbocycles. The molecule has 1 fully saturated rings. The maximum atomic E-state index is 12.5. The van der Waals surface area contributed by atoms with Crippen LogP contribution in [-0.4, -0.2) is 40.6 Å². The van der Waals surface area contributed by atoms with Crippen LogP contribution in [0.15, 0.2) is 30.3 Å². The van der Waals surface area contributed by atoms with Crippen LogP contribution in [0.25, 0.3) is 0 Å². The fourth-order valence-electron chi connectivity index (χ4n) is 2.72. The number of carbonyl (C=O) groups excluding carboxylic acids is 1. The minimum atomic E-state index is -0.863. The molecule has 4 nitrogen and oxygen atoms in total. The summed E-state index contributed by atoms with van der Waals surface area (Å²) in [5.41, 5.74) is 0.370. The van der Waals surface area contributed by atoms with Crippen LogP contribution in [0, 0.1) is 5.92 Å². The lowest BCUT2D eigenvalue weighted by atomic mass is 9.92. The molecule has 0 aromatic heterocycles. The molecule has 4 heteroatoms. The lowest BCUT2D eigenvalue weighted by Gasteiger charge is -2.30. The average Bonchev–Trinajstić information content (AvgIpc) is 2.94. The SMILES string of the molecule is CC(C)C(C)(O)CNC(=O)C1CCCN1Cc1ccccc1. The van der Waals surface area contributed by atoms with Gasteiger partial charge >= 0.3 is 0 Å². The maximum absolute atomic E-state index is 12.5. The second kappa shape index (κ2) is 7.25. The van der Waals surface area contributed by atoms with Crippen LogP contribution in [-0.2, 0) is 11.3 Å². The van der Waals surface area contributed by atoms with E-state index in [9.17, 15) is 9.90 Å². The normalized spacial score (nSPS) is 21.8. The molecule has 1 amide bonds. The summed E-state index contributed by atoms with van der Waals surface area (Å²) in [6.45, 7) is 7.76. The van der Waals surface area contributed by atoms with E-state index in [4.69, 9.17) is 0 Å². The minimum Gasteiger partial charge on any atom is -0.388 e. The van der Waals surface area contributed by atoms with Gasteiger partial charge in [-0.3, -0.25) is 9.69 Å².